The summed E-state index contributed by atoms with van der Waals surface area (Å²) in [6.07, 6.45) is 1.92. The summed E-state index contributed by atoms with van der Waals surface area (Å²) in [6, 6.07) is 8.66. The molecule has 2 N–H and O–H groups in total. The number of benzene rings is 1. The topological polar surface area (TPSA) is 40.5 Å². The van der Waals surface area contributed by atoms with Crippen LogP contribution in [0, 0.1) is 11.3 Å². The lowest BCUT2D eigenvalue weighted by molar-refractivity contribution is 0.121. The Hall–Kier alpha value is -0.860. The second-order valence-electron chi connectivity index (χ2n) is 5.68. The molecule has 0 aromatic heterocycles. The van der Waals surface area contributed by atoms with E-state index in [1.54, 1.807) is 0 Å². The van der Waals surface area contributed by atoms with Crippen LogP contribution >= 0.6 is 0 Å². The van der Waals surface area contributed by atoms with Gasteiger partial charge in [-0.15, -0.1) is 0 Å². The molecule has 1 saturated carbocycles. The zero-order valence-corrected chi connectivity index (χ0v) is 10.7. The summed E-state index contributed by atoms with van der Waals surface area (Å²) in [5.41, 5.74) is 2.49. The molecule has 0 heterocycles. The first-order valence-electron chi connectivity index (χ1n) is 6.42. The van der Waals surface area contributed by atoms with Gasteiger partial charge in [0.1, 0.15) is 0 Å². The molecular weight excluding hydrogens is 212 g/mol. The highest BCUT2D eigenvalue weighted by atomic mass is 16.3. The number of rotatable bonds is 5. The van der Waals surface area contributed by atoms with Crippen LogP contribution in [0.4, 0.5) is 0 Å². The predicted octanol–water partition coefficient (Wildman–Crippen LogP) is 2.34. The number of aliphatic hydroxyl groups excluding tert-OH is 2. The van der Waals surface area contributed by atoms with Gasteiger partial charge >= 0.3 is 0 Å². The van der Waals surface area contributed by atoms with E-state index in [2.05, 4.69) is 38.1 Å². The van der Waals surface area contributed by atoms with Gasteiger partial charge in [0, 0.05) is 5.41 Å². The van der Waals surface area contributed by atoms with Crippen LogP contribution in [0.25, 0.3) is 0 Å². The molecule has 1 aromatic rings. The van der Waals surface area contributed by atoms with Crippen molar-refractivity contribution in [3.8, 4) is 0 Å². The van der Waals surface area contributed by atoms with Crippen molar-refractivity contribution in [3.05, 3.63) is 35.4 Å². The Balaban J connectivity index is 2.03. The molecule has 0 amide bonds. The summed E-state index contributed by atoms with van der Waals surface area (Å²) < 4.78 is 0. The normalized spacial score (nSPS) is 21.8. The van der Waals surface area contributed by atoms with Crippen molar-refractivity contribution in [3.63, 3.8) is 0 Å². The van der Waals surface area contributed by atoms with Gasteiger partial charge in [-0.3, -0.25) is 0 Å². The van der Waals surface area contributed by atoms with E-state index in [4.69, 9.17) is 0 Å². The maximum absolute atomic E-state index is 9.29. The van der Waals surface area contributed by atoms with E-state index in [1.165, 1.54) is 11.1 Å². The van der Waals surface area contributed by atoms with Crippen molar-refractivity contribution in [2.24, 2.45) is 11.3 Å². The molecule has 94 valence electrons. The molecule has 17 heavy (non-hydrogen) atoms. The third-order valence-corrected chi connectivity index (χ3v) is 4.09. The van der Waals surface area contributed by atoms with Gasteiger partial charge in [-0.05, 0) is 35.8 Å². The second-order valence-corrected chi connectivity index (χ2v) is 5.68. The maximum Gasteiger partial charge on any atom is 0.0512 e. The van der Waals surface area contributed by atoms with Crippen molar-refractivity contribution in [1.82, 2.24) is 0 Å². The molecule has 0 aliphatic heterocycles. The summed E-state index contributed by atoms with van der Waals surface area (Å²) in [7, 11) is 0. The van der Waals surface area contributed by atoms with Gasteiger partial charge in [-0.25, -0.2) is 0 Å². The largest absolute Gasteiger partial charge is 0.396 e. The Morgan fingerprint density at radius 1 is 1.29 bits per heavy atom. The zero-order chi connectivity index (χ0) is 12.5. The Morgan fingerprint density at radius 3 is 2.53 bits per heavy atom. The van der Waals surface area contributed by atoms with Crippen LogP contribution in [0.2, 0.25) is 0 Å². The molecule has 0 radical (unpaired) electrons. The van der Waals surface area contributed by atoms with Crippen LogP contribution in [-0.4, -0.2) is 23.4 Å². The van der Waals surface area contributed by atoms with Crippen molar-refractivity contribution < 1.29 is 10.2 Å². The van der Waals surface area contributed by atoms with Crippen molar-refractivity contribution >= 4 is 0 Å². The molecule has 1 unspecified atom stereocenters. The van der Waals surface area contributed by atoms with Gasteiger partial charge in [0.2, 0.25) is 0 Å². The molecule has 0 bridgehead atoms. The van der Waals surface area contributed by atoms with Gasteiger partial charge in [0.15, 0.2) is 0 Å². The third kappa shape index (κ3) is 2.53. The predicted molar refractivity (Wildman–Crippen MR) is 68.9 cm³/mol. The van der Waals surface area contributed by atoms with Crippen LogP contribution in [-0.2, 0) is 6.42 Å². The van der Waals surface area contributed by atoms with Gasteiger partial charge in [0.05, 0.1) is 13.2 Å². The summed E-state index contributed by atoms with van der Waals surface area (Å²) in [5, 5.41) is 18.6. The van der Waals surface area contributed by atoms with Crippen LogP contribution in [0.5, 0.6) is 0 Å². The Labute approximate surface area is 103 Å². The first-order chi connectivity index (χ1) is 8.11. The number of aliphatic hydroxyl groups is 2. The minimum absolute atomic E-state index is 0.109. The lowest BCUT2D eigenvalue weighted by Gasteiger charge is -2.11. The molecule has 2 rings (SSSR count). The molecule has 0 saturated heterocycles. The quantitative estimate of drug-likeness (QED) is 0.821. The molecule has 2 heteroatoms. The van der Waals surface area contributed by atoms with Gasteiger partial charge < -0.3 is 10.2 Å². The van der Waals surface area contributed by atoms with E-state index in [-0.39, 0.29) is 18.6 Å². The van der Waals surface area contributed by atoms with E-state index in [0.717, 1.165) is 12.8 Å². The molecule has 2 nitrogen and oxygen atoms in total. The summed E-state index contributed by atoms with van der Waals surface area (Å²) in [6.45, 7) is 4.61. The lowest BCUT2D eigenvalue weighted by Crippen LogP contribution is -2.15. The first-order valence-corrected chi connectivity index (χ1v) is 6.42. The Morgan fingerprint density at radius 2 is 2.00 bits per heavy atom. The smallest absolute Gasteiger partial charge is 0.0512 e. The maximum atomic E-state index is 9.29. The van der Waals surface area contributed by atoms with Crippen LogP contribution in [0.1, 0.15) is 37.3 Å². The molecule has 1 aromatic carbocycles. The molecule has 1 fully saturated rings. The molecule has 1 aliphatic rings. The summed E-state index contributed by atoms with van der Waals surface area (Å²) in [5.74, 6) is 0.995. The van der Waals surface area contributed by atoms with E-state index in [1.807, 2.05) is 0 Å². The molecule has 0 spiro atoms. The van der Waals surface area contributed by atoms with Crippen LogP contribution in [0.15, 0.2) is 24.3 Å². The number of hydrogen-bond donors (Lipinski definition) is 2. The van der Waals surface area contributed by atoms with Gasteiger partial charge in [0.25, 0.3) is 0 Å². The van der Waals surface area contributed by atoms with Crippen LogP contribution < -0.4 is 0 Å². The Bertz CT molecular complexity index is 380. The monoisotopic (exact) mass is 234 g/mol. The van der Waals surface area contributed by atoms with Crippen molar-refractivity contribution in [1.29, 1.82) is 0 Å². The SMILES string of the molecule is CC(C)c1cccc(CC2CC2(CO)CO)c1. The molecule has 1 atom stereocenters. The lowest BCUT2D eigenvalue weighted by atomic mass is 9.96. The second kappa shape index (κ2) is 4.79. The summed E-state index contributed by atoms with van der Waals surface area (Å²) in [4.78, 5) is 0. The highest BCUT2D eigenvalue weighted by Gasteiger charge is 2.52. The van der Waals surface area contributed by atoms with Crippen molar-refractivity contribution in [2.45, 2.75) is 32.6 Å². The third-order valence-electron chi connectivity index (χ3n) is 4.09. The van der Waals surface area contributed by atoms with Gasteiger partial charge in [-0.1, -0.05) is 38.1 Å². The first kappa shape index (κ1) is 12.6. The average Bonchev–Trinajstić information content (AvgIpc) is 3.03. The highest BCUT2D eigenvalue weighted by Crippen LogP contribution is 2.53. The van der Waals surface area contributed by atoms with E-state index in [0.29, 0.717) is 11.8 Å². The van der Waals surface area contributed by atoms with Crippen molar-refractivity contribution in [2.75, 3.05) is 13.2 Å². The van der Waals surface area contributed by atoms with E-state index >= 15 is 0 Å². The standard InChI is InChI=1S/C15H22O2/c1-11(2)13-5-3-4-12(6-13)7-14-8-15(14,9-16)10-17/h3-6,11,14,16-17H,7-10H2,1-2H3. The Kier molecular flexibility index (Phi) is 3.55. The van der Waals surface area contributed by atoms with E-state index < -0.39 is 0 Å². The average molecular weight is 234 g/mol. The fraction of sp³-hybridized carbons (Fsp3) is 0.600. The fourth-order valence-electron chi connectivity index (χ4n) is 2.52. The fourth-order valence-corrected chi connectivity index (χ4v) is 2.52. The van der Waals surface area contributed by atoms with E-state index in [9.17, 15) is 10.2 Å². The van der Waals surface area contributed by atoms with Gasteiger partial charge in [-0.2, -0.15) is 0 Å². The number of hydrogen-bond acceptors (Lipinski definition) is 2. The highest BCUT2D eigenvalue weighted by molar-refractivity contribution is 5.27. The summed E-state index contributed by atoms with van der Waals surface area (Å²) >= 11 is 0. The zero-order valence-electron chi connectivity index (χ0n) is 10.7. The minimum atomic E-state index is -0.201. The minimum Gasteiger partial charge on any atom is -0.396 e. The van der Waals surface area contributed by atoms with Crippen LogP contribution in [0.3, 0.4) is 0 Å². The molecular formula is C15H22O2. The molecule has 1 aliphatic carbocycles.